The lowest BCUT2D eigenvalue weighted by Gasteiger charge is -2.03. The molecule has 104 valence electrons. The van der Waals surface area contributed by atoms with Crippen molar-refractivity contribution in [2.24, 2.45) is 0 Å². The summed E-state index contributed by atoms with van der Waals surface area (Å²) in [5.41, 5.74) is 1.49. The molecule has 0 aliphatic carbocycles. The summed E-state index contributed by atoms with van der Waals surface area (Å²) in [6.07, 6.45) is 0.187. The number of Topliss-reactive ketones (excluding diaryl/α,β-unsaturated/α-hetero) is 1. The number of hydrogen-bond donors (Lipinski definition) is 0. The van der Waals surface area contributed by atoms with E-state index < -0.39 is 10.8 Å². The maximum Gasteiger partial charge on any atom is 0.163 e. The van der Waals surface area contributed by atoms with Gasteiger partial charge in [0, 0.05) is 22.6 Å². The summed E-state index contributed by atoms with van der Waals surface area (Å²) in [7, 11) is -1.19. The van der Waals surface area contributed by atoms with Crippen molar-refractivity contribution in [3.8, 4) is 0 Å². The largest absolute Gasteiger partial charge is 0.294 e. The summed E-state index contributed by atoms with van der Waals surface area (Å²) in [6, 6.07) is 12.9. The summed E-state index contributed by atoms with van der Waals surface area (Å²) >= 11 is 0. The van der Waals surface area contributed by atoms with Crippen molar-refractivity contribution >= 4 is 16.6 Å². The first kappa shape index (κ1) is 14.6. The van der Waals surface area contributed by atoms with E-state index in [9.17, 15) is 13.4 Å². The van der Waals surface area contributed by atoms with Crippen LogP contribution in [0.2, 0.25) is 0 Å². The molecule has 0 aliphatic heterocycles. The van der Waals surface area contributed by atoms with Crippen LogP contribution in [0, 0.1) is 12.7 Å². The third-order valence-electron chi connectivity index (χ3n) is 2.93. The van der Waals surface area contributed by atoms with Crippen molar-refractivity contribution in [3.63, 3.8) is 0 Å². The van der Waals surface area contributed by atoms with E-state index in [0.717, 1.165) is 10.5 Å². The minimum Gasteiger partial charge on any atom is -0.294 e. The first-order valence-electron chi connectivity index (χ1n) is 6.30. The average Bonchev–Trinajstić information content (AvgIpc) is 2.45. The summed E-state index contributed by atoms with van der Waals surface area (Å²) in [5.74, 6) is -0.212. The van der Waals surface area contributed by atoms with Crippen molar-refractivity contribution in [1.29, 1.82) is 0 Å². The van der Waals surface area contributed by atoms with E-state index in [2.05, 4.69) is 0 Å². The third kappa shape index (κ3) is 3.84. The minimum absolute atomic E-state index is 0.119. The van der Waals surface area contributed by atoms with Crippen molar-refractivity contribution in [2.45, 2.75) is 18.2 Å². The lowest BCUT2D eigenvalue weighted by Crippen LogP contribution is -2.06. The first-order valence-corrected chi connectivity index (χ1v) is 7.62. The molecular formula is C16H15FO2S. The van der Waals surface area contributed by atoms with Gasteiger partial charge in [-0.1, -0.05) is 12.1 Å². The predicted octanol–water partition coefficient (Wildman–Crippen LogP) is 3.51. The fourth-order valence-electron chi connectivity index (χ4n) is 1.84. The molecule has 0 fully saturated rings. The van der Waals surface area contributed by atoms with Gasteiger partial charge in [0.1, 0.15) is 5.82 Å². The van der Waals surface area contributed by atoms with Gasteiger partial charge in [0.15, 0.2) is 5.78 Å². The molecule has 2 nitrogen and oxygen atoms in total. The van der Waals surface area contributed by atoms with Gasteiger partial charge in [-0.25, -0.2) is 4.39 Å². The van der Waals surface area contributed by atoms with Gasteiger partial charge >= 0.3 is 0 Å². The van der Waals surface area contributed by atoms with Gasteiger partial charge in [-0.15, -0.1) is 0 Å². The third-order valence-corrected chi connectivity index (χ3v) is 4.29. The van der Waals surface area contributed by atoms with Crippen LogP contribution >= 0.6 is 0 Å². The molecule has 0 radical (unpaired) electrons. The van der Waals surface area contributed by atoms with Crippen LogP contribution in [0.5, 0.6) is 0 Å². The fourth-order valence-corrected chi connectivity index (χ4v) is 2.99. The Balaban J connectivity index is 1.96. The molecule has 4 heteroatoms. The molecule has 0 spiro atoms. The Morgan fingerprint density at radius 3 is 2.50 bits per heavy atom. The molecular weight excluding hydrogens is 275 g/mol. The van der Waals surface area contributed by atoms with Gasteiger partial charge in [0.25, 0.3) is 0 Å². The quantitative estimate of drug-likeness (QED) is 0.790. The lowest BCUT2D eigenvalue weighted by atomic mass is 10.1. The zero-order chi connectivity index (χ0) is 14.5. The SMILES string of the molecule is Cc1cccc(S(=O)CCC(=O)c2ccc(F)cc2)c1. The molecule has 0 saturated heterocycles. The van der Waals surface area contributed by atoms with Gasteiger partial charge in [-0.05, 0) is 48.9 Å². The van der Waals surface area contributed by atoms with Gasteiger partial charge in [-0.2, -0.15) is 0 Å². The molecule has 20 heavy (non-hydrogen) atoms. The number of carbonyl (C=O) groups is 1. The number of ketones is 1. The predicted molar refractivity (Wildman–Crippen MR) is 77.8 cm³/mol. The molecule has 2 rings (SSSR count). The number of hydrogen-bond acceptors (Lipinski definition) is 2. The molecule has 2 aromatic rings. The van der Waals surface area contributed by atoms with Crippen LogP contribution in [-0.2, 0) is 10.8 Å². The zero-order valence-electron chi connectivity index (χ0n) is 11.1. The number of carbonyl (C=O) groups excluding carboxylic acids is 1. The van der Waals surface area contributed by atoms with E-state index in [1.807, 2.05) is 25.1 Å². The minimum atomic E-state index is -1.19. The van der Waals surface area contributed by atoms with Crippen LogP contribution in [0.25, 0.3) is 0 Å². The Morgan fingerprint density at radius 2 is 1.85 bits per heavy atom. The second kappa shape index (κ2) is 6.57. The van der Waals surface area contributed by atoms with Crippen LogP contribution in [-0.4, -0.2) is 15.7 Å². The maximum absolute atomic E-state index is 12.8. The molecule has 0 aliphatic rings. The average molecular weight is 290 g/mol. The molecule has 0 amide bonds. The summed E-state index contributed by atoms with van der Waals surface area (Å²) in [5, 5.41) is 0. The van der Waals surface area contributed by atoms with Crippen LogP contribution in [0.15, 0.2) is 53.4 Å². The van der Waals surface area contributed by atoms with E-state index in [-0.39, 0.29) is 23.8 Å². The Kier molecular flexibility index (Phi) is 4.79. The van der Waals surface area contributed by atoms with Gasteiger partial charge in [0.05, 0.1) is 10.8 Å². The highest BCUT2D eigenvalue weighted by atomic mass is 32.2. The normalized spacial score (nSPS) is 12.1. The Bertz CT molecular complexity index is 635. The van der Waals surface area contributed by atoms with E-state index in [1.165, 1.54) is 24.3 Å². The molecule has 0 N–H and O–H groups in total. The van der Waals surface area contributed by atoms with Gasteiger partial charge < -0.3 is 0 Å². The smallest absolute Gasteiger partial charge is 0.163 e. The van der Waals surface area contributed by atoms with Crippen molar-refractivity contribution in [1.82, 2.24) is 0 Å². The maximum atomic E-state index is 12.8. The number of halogens is 1. The molecule has 0 bridgehead atoms. The van der Waals surface area contributed by atoms with Gasteiger partial charge in [0.2, 0.25) is 0 Å². The lowest BCUT2D eigenvalue weighted by molar-refractivity contribution is 0.0989. The second-order valence-corrected chi connectivity index (χ2v) is 6.12. The molecule has 0 aromatic heterocycles. The monoisotopic (exact) mass is 290 g/mol. The molecule has 0 saturated carbocycles. The molecule has 1 atom stereocenters. The Labute approximate surface area is 120 Å². The van der Waals surface area contributed by atoms with Crippen LogP contribution in [0.3, 0.4) is 0 Å². The molecule has 1 unspecified atom stereocenters. The molecule has 0 heterocycles. The standard InChI is InChI=1S/C16H15FO2S/c1-12-3-2-4-15(11-12)20(19)10-9-16(18)13-5-7-14(17)8-6-13/h2-8,11H,9-10H2,1H3. The van der Waals surface area contributed by atoms with Gasteiger partial charge in [-0.3, -0.25) is 9.00 Å². The van der Waals surface area contributed by atoms with E-state index in [4.69, 9.17) is 0 Å². The molecule has 2 aromatic carbocycles. The van der Waals surface area contributed by atoms with Crippen molar-refractivity contribution in [2.75, 3.05) is 5.75 Å². The highest BCUT2D eigenvalue weighted by molar-refractivity contribution is 7.85. The summed E-state index contributed by atoms with van der Waals surface area (Å²) in [4.78, 5) is 12.6. The van der Waals surface area contributed by atoms with Crippen LogP contribution in [0.4, 0.5) is 4.39 Å². The highest BCUT2D eigenvalue weighted by Crippen LogP contribution is 2.12. The summed E-state index contributed by atoms with van der Waals surface area (Å²) in [6.45, 7) is 1.93. The number of rotatable bonds is 5. The van der Waals surface area contributed by atoms with E-state index in [1.54, 1.807) is 6.07 Å². The zero-order valence-corrected chi connectivity index (χ0v) is 12.0. The topological polar surface area (TPSA) is 34.1 Å². The number of aryl methyl sites for hydroxylation is 1. The Hall–Kier alpha value is -1.81. The van der Waals surface area contributed by atoms with Crippen molar-refractivity contribution < 1.29 is 13.4 Å². The Morgan fingerprint density at radius 1 is 1.15 bits per heavy atom. The van der Waals surface area contributed by atoms with E-state index >= 15 is 0 Å². The highest BCUT2D eigenvalue weighted by Gasteiger charge is 2.10. The number of benzene rings is 2. The van der Waals surface area contributed by atoms with Crippen molar-refractivity contribution in [3.05, 3.63) is 65.5 Å². The van der Waals surface area contributed by atoms with E-state index in [0.29, 0.717) is 5.56 Å². The first-order chi connectivity index (χ1) is 9.56. The fraction of sp³-hybridized carbons (Fsp3) is 0.188. The van der Waals surface area contributed by atoms with Crippen LogP contribution in [0.1, 0.15) is 22.3 Å². The summed E-state index contributed by atoms with van der Waals surface area (Å²) < 4.78 is 24.8. The van der Waals surface area contributed by atoms with Crippen LogP contribution < -0.4 is 0 Å². The second-order valence-electron chi connectivity index (χ2n) is 4.55.